The molecule has 170 valence electrons. The molecule has 31 heavy (non-hydrogen) atoms. The Morgan fingerprint density at radius 1 is 1.13 bits per heavy atom. The van der Waals surface area contributed by atoms with E-state index in [0.717, 1.165) is 45.3 Å². The third kappa shape index (κ3) is 5.92. The molecule has 1 aromatic rings. The second-order valence-corrected chi connectivity index (χ2v) is 9.41. The van der Waals surface area contributed by atoms with Crippen LogP contribution in [-0.2, 0) is 9.59 Å². The summed E-state index contributed by atoms with van der Waals surface area (Å²) in [4.78, 5) is 50.4. The zero-order valence-electron chi connectivity index (χ0n) is 17.9. The zero-order chi connectivity index (χ0) is 22.4. The number of thiophene rings is 1. The van der Waals surface area contributed by atoms with Gasteiger partial charge in [0.1, 0.15) is 0 Å². The molecule has 0 radical (unpaired) electrons. The average molecular weight is 450 g/mol. The standard InChI is InChI=1S/C21H29N3O3S.CH2O2/c1-14(25)19-11-16(13-28-19)20(26)22-17-6-4-15(5-7-17)21(27)24-10-9-23-8-2-3-18(23)12-24;2-1-3/h11,13,15,17-18H,2-10,12H2,1H3,(H,22,26);1H,(H,2,3). The number of fused-ring (bicyclic) bond motifs is 1. The summed E-state index contributed by atoms with van der Waals surface area (Å²) in [7, 11) is 0. The monoisotopic (exact) mass is 449 g/mol. The van der Waals surface area contributed by atoms with Crippen molar-refractivity contribution in [2.75, 3.05) is 26.2 Å². The molecule has 9 heteroatoms. The smallest absolute Gasteiger partial charge is 0.290 e. The molecule has 1 aliphatic carbocycles. The average Bonchev–Trinajstić information content (AvgIpc) is 3.43. The molecule has 2 N–H and O–H groups in total. The zero-order valence-corrected chi connectivity index (χ0v) is 18.7. The van der Waals surface area contributed by atoms with Crippen LogP contribution in [0.1, 0.15) is 65.5 Å². The number of carbonyl (C=O) groups is 4. The van der Waals surface area contributed by atoms with Gasteiger partial charge in [-0.25, -0.2) is 0 Å². The summed E-state index contributed by atoms with van der Waals surface area (Å²) in [6.07, 6.45) is 5.85. The molecule has 3 fully saturated rings. The number of carbonyl (C=O) groups excluding carboxylic acids is 3. The van der Waals surface area contributed by atoms with Gasteiger partial charge in [0.2, 0.25) is 5.91 Å². The molecular formula is C22H31N3O5S. The predicted molar refractivity (Wildman–Crippen MR) is 117 cm³/mol. The number of nitrogens with zero attached hydrogens (tertiary/aromatic N) is 2. The highest BCUT2D eigenvalue weighted by Crippen LogP contribution is 2.29. The van der Waals surface area contributed by atoms with E-state index in [1.54, 1.807) is 11.4 Å². The van der Waals surface area contributed by atoms with Crippen molar-refractivity contribution in [1.29, 1.82) is 0 Å². The van der Waals surface area contributed by atoms with Crippen molar-refractivity contribution in [3.05, 3.63) is 21.9 Å². The summed E-state index contributed by atoms with van der Waals surface area (Å²) in [5.74, 6) is 0.296. The number of Topliss-reactive ketones (excluding diaryl/α,β-unsaturated/α-hetero) is 1. The van der Waals surface area contributed by atoms with Crippen LogP contribution in [0.15, 0.2) is 11.4 Å². The van der Waals surface area contributed by atoms with E-state index in [0.29, 0.717) is 22.4 Å². The van der Waals surface area contributed by atoms with Crippen LogP contribution in [0, 0.1) is 5.92 Å². The molecule has 0 aromatic carbocycles. The van der Waals surface area contributed by atoms with Crippen LogP contribution in [0.25, 0.3) is 0 Å². The number of carboxylic acid groups (broad SMARTS) is 1. The van der Waals surface area contributed by atoms with Crippen molar-refractivity contribution in [1.82, 2.24) is 15.1 Å². The molecule has 0 spiro atoms. The molecule has 0 bridgehead atoms. The lowest BCUT2D eigenvalue weighted by molar-refractivity contribution is -0.139. The van der Waals surface area contributed by atoms with Crippen molar-refractivity contribution < 1.29 is 24.3 Å². The summed E-state index contributed by atoms with van der Waals surface area (Å²) < 4.78 is 0. The lowest BCUT2D eigenvalue weighted by Gasteiger charge is -2.40. The van der Waals surface area contributed by atoms with Gasteiger partial charge in [0, 0.05) is 43.0 Å². The Balaban J connectivity index is 0.000000858. The summed E-state index contributed by atoms with van der Waals surface area (Å²) in [5, 5.41) is 11.7. The number of amides is 2. The van der Waals surface area contributed by atoms with Gasteiger partial charge in [-0.1, -0.05) is 0 Å². The van der Waals surface area contributed by atoms with Crippen molar-refractivity contribution in [2.45, 2.75) is 57.5 Å². The van der Waals surface area contributed by atoms with Gasteiger partial charge in [0.15, 0.2) is 5.78 Å². The van der Waals surface area contributed by atoms with E-state index in [-0.39, 0.29) is 30.1 Å². The van der Waals surface area contributed by atoms with Crippen LogP contribution in [0.4, 0.5) is 0 Å². The molecule has 2 aliphatic heterocycles. The van der Waals surface area contributed by atoms with Crippen molar-refractivity contribution in [2.24, 2.45) is 5.92 Å². The number of hydrogen-bond donors (Lipinski definition) is 2. The largest absolute Gasteiger partial charge is 0.483 e. The van der Waals surface area contributed by atoms with E-state index in [2.05, 4.69) is 15.1 Å². The van der Waals surface area contributed by atoms with E-state index in [4.69, 9.17) is 9.90 Å². The molecule has 1 aromatic heterocycles. The van der Waals surface area contributed by atoms with Crippen LogP contribution >= 0.6 is 11.3 Å². The first-order chi connectivity index (χ1) is 14.9. The summed E-state index contributed by atoms with van der Waals surface area (Å²) in [6, 6.07) is 2.35. The first-order valence-corrected chi connectivity index (χ1v) is 11.8. The Morgan fingerprint density at radius 2 is 1.84 bits per heavy atom. The van der Waals surface area contributed by atoms with Crippen LogP contribution < -0.4 is 5.32 Å². The maximum atomic E-state index is 12.9. The van der Waals surface area contributed by atoms with Crippen LogP contribution in [0.2, 0.25) is 0 Å². The quantitative estimate of drug-likeness (QED) is 0.539. The molecule has 3 heterocycles. The Bertz CT molecular complexity index is 803. The molecular weight excluding hydrogens is 418 g/mol. The highest BCUT2D eigenvalue weighted by molar-refractivity contribution is 7.12. The summed E-state index contributed by atoms with van der Waals surface area (Å²) in [5.41, 5.74) is 0.558. The van der Waals surface area contributed by atoms with Gasteiger partial charge in [-0.2, -0.15) is 0 Å². The molecule has 1 unspecified atom stereocenters. The van der Waals surface area contributed by atoms with Gasteiger partial charge in [0.05, 0.1) is 10.4 Å². The van der Waals surface area contributed by atoms with Gasteiger partial charge in [-0.05, 0) is 58.1 Å². The summed E-state index contributed by atoms with van der Waals surface area (Å²) >= 11 is 1.31. The highest BCUT2D eigenvalue weighted by Gasteiger charge is 2.36. The lowest BCUT2D eigenvalue weighted by atomic mass is 9.84. The van der Waals surface area contributed by atoms with Gasteiger partial charge < -0.3 is 15.3 Å². The topological polar surface area (TPSA) is 107 Å². The minimum absolute atomic E-state index is 0.0125. The number of hydrogen-bond acceptors (Lipinski definition) is 6. The Labute approximate surface area is 186 Å². The maximum Gasteiger partial charge on any atom is 0.290 e. The van der Waals surface area contributed by atoms with Gasteiger partial charge >= 0.3 is 0 Å². The number of ketones is 1. The molecule has 2 saturated heterocycles. The van der Waals surface area contributed by atoms with E-state index in [1.165, 1.54) is 37.6 Å². The van der Waals surface area contributed by atoms with E-state index >= 15 is 0 Å². The van der Waals surface area contributed by atoms with E-state index < -0.39 is 0 Å². The van der Waals surface area contributed by atoms with E-state index in [9.17, 15) is 14.4 Å². The fourth-order valence-corrected chi connectivity index (χ4v) is 5.63. The Kier molecular flexibility index (Phi) is 8.20. The first-order valence-electron chi connectivity index (χ1n) is 10.9. The maximum absolute atomic E-state index is 12.9. The molecule has 4 rings (SSSR count). The lowest BCUT2D eigenvalue weighted by Crippen LogP contribution is -2.53. The fourth-order valence-electron chi connectivity index (χ4n) is 4.84. The van der Waals surface area contributed by atoms with Crippen LogP contribution in [0.5, 0.6) is 0 Å². The van der Waals surface area contributed by atoms with Crippen molar-refractivity contribution in [3.8, 4) is 0 Å². The van der Waals surface area contributed by atoms with Crippen molar-refractivity contribution in [3.63, 3.8) is 0 Å². The second kappa shape index (κ2) is 10.9. The van der Waals surface area contributed by atoms with Gasteiger partial charge in [-0.3, -0.25) is 24.1 Å². The minimum atomic E-state index is -0.250. The normalized spacial score (nSPS) is 25.7. The first kappa shape index (κ1) is 23.4. The van der Waals surface area contributed by atoms with E-state index in [1.807, 2.05) is 0 Å². The predicted octanol–water partition coefficient (Wildman–Crippen LogP) is 2.25. The number of rotatable bonds is 4. The molecule has 2 amide bonds. The third-order valence-corrected chi connectivity index (χ3v) is 7.55. The summed E-state index contributed by atoms with van der Waals surface area (Å²) in [6.45, 7) is 5.23. The third-order valence-electron chi connectivity index (χ3n) is 6.52. The van der Waals surface area contributed by atoms with Gasteiger partial charge in [0.25, 0.3) is 12.4 Å². The Hall–Kier alpha value is -2.26. The van der Waals surface area contributed by atoms with Crippen LogP contribution in [0.3, 0.4) is 0 Å². The molecule has 1 atom stereocenters. The molecule has 1 saturated carbocycles. The fraction of sp³-hybridized carbons (Fsp3) is 0.636. The van der Waals surface area contributed by atoms with Crippen LogP contribution in [-0.4, -0.2) is 77.2 Å². The molecule has 3 aliphatic rings. The van der Waals surface area contributed by atoms with Crippen molar-refractivity contribution >= 4 is 35.4 Å². The second-order valence-electron chi connectivity index (χ2n) is 8.50. The number of nitrogens with one attached hydrogen (secondary N) is 1. The molecule has 8 nitrogen and oxygen atoms in total. The highest BCUT2D eigenvalue weighted by atomic mass is 32.1. The van der Waals surface area contributed by atoms with Gasteiger partial charge in [-0.15, -0.1) is 11.3 Å². The minimum Gasteiger partial charge on any atom is -0.483 e. The Morgan fingerprint density at radius 3 is 2.48 bits per heavy atom. The SMILES string of the molecule is CC(=O)c1cc(C(=O)NC2CCC(C(=O)N3CCN4CCCC4C3)CC2)cs1.O=CO. The number of piperazine rings is 1.